The van der Waals surface area contributed by atoms with Crippen molar-refractivity contribution < 1.29 is 4.42 Å². The van der Waals surface area contributed by atoms with Crippen molar-refractivity contribution in [3.8, 4) is 33.4 Å². The zero-order valence-electron chi connectivity index (χ0n) is 23.4. The summed E-state index contributed by atoms with van der Waals surface area (Å²) in [6.45, 7) is 0. The first-order valence-corrected chi connectivity index (χ1v) is 14.8. The summed E-state index contributed by atoms with van der Waals surface area (Å²) < 4.78 is 6.37. The molecule has 43 heavy (non-hydrogen) atoms. The van der Waals surface area contributed by atoms with Gasteiger partial charge in [0.25, 0.3) is 0 Å². The van der Waals surface area contributed by atoms with Crippen LogP contribution in [0.1, 0.15) is 0 Å². The molecule has 8 aromatic carbocycles. The van der Waals surface area contributed by atoms with E-state index in [4.69, 9.17) is 4.42 Å². The van der Waals surface area contributed by atoms with Gasteiger partial charge in [0.05, 0.1) is 0 Å². The normalized spacial score (nSPS) is 11.7. The third kappa shape index (κ3) is 3.79. The van der Waals surface area contributed by atoms with Crippen molar-refractivity contribution in [3.05, 3.63) is 158 Å². The van der Waals surface area contributed by atoms with Crippen LogP contribution in [0.2, 0.25) is 0 Å². The number of fused-ring (bicyclic) bond motifs is 6. The van der Waals surface area contributed by atoms with Gasteiger partial charge in [0.2, 0.25) is 0 Å². The largest absolute Gasteiger partial charge is 0.456 e. The van der Waals surface area contributed by atoms with E-state index in [-0.39, 0.29) is 0 Å². The summed E-state index contributed by atoms with van der Waals surface area (Å²) in [6, 6.07) is 56.9. The van der Waals surface area contributed by atoms with Crippen molar-refractivity contribution in [1.82, 2.24) is 0 Å². The van der Waals surface area contributed by atoms with Gasteiger partial charge in [-0.3, -0.25) is 0 Å². The molecule has 1 aromatic heterocycles. The highest BCUT2D eigenvalue weighted by Crippen LogP contribution is 2.44. The lowest BCUT2D eigenvalue weighted by Crippen LogP contribution is -1.90. The number of rotatable bonds is 3. The summed E-state index contributed by atoms with van der Waals surface area (Å²) in [5.41, 5.74) is 9.13. The Morgan fingerprint density at radius 2 is 0.930 bits per heavy atom. The molecule has 0 spiro atoms. The molecule has 0 aliphatic carbocycles. The maximum atomic E-state index is 6.37. The van der Waals surface area contributed by atoms with Gasteiger partial charge in [-0.25, -0.2) is 0 Å². The van der Waals surface area contributed by atoms with Crippen molar-refractivity contribution in [1.29, 1.82) is 0 Å². The molecule has 1 heterocycles. The highest BCUT2D eigenvalue weighted by Gasteiger charge is 2.17. The molecule has 0 N–H and O–H groups in total. The molecule has 0 unspecified atom stereocenters. The lowest BCUT2D eigenvalue weighted by molar-refractivity contribution is 0.669. The van der Waals surface area contributed by atoms with Crippen LogP contribution in [0.3, 0.4) is 0 Å². The van der Waals surface area contributed by atoms with Gasteiger partial charge >= 0.3 is 0 Å². The molecular formula is C42H26O. The fraction of sp³-hybridized carbons (Fsp3) is 0. The molecular weight excluding hydrogens is 520 g/mol. The first-order valence-electron chi connectivity index (χ1n) is 14.8. The standard InChI is InChI=1S/C42H26O/c1-2-11-28(12-3-1)32-15-8-17-36-38(32)26-39-33(30-21-20-27-10-4-5-13-29(27)24-30)16-9-18-37(39)42(36)31-22-23-35-34-14-6-7-19-40(34)43-41(35)25-31/h1-26H. The Labute approximate surface area is 249 Å². The zero-order chi connectivity index (χ0) is 28.3. The second kappa shape index (κ2) is 9.44. The zero-order valence-corrected chi connectivity index (χ0v) is 23.4. The number of para-hydroxylation sites is 1. The molecule has 0 aliphatic heterocycles. The van der Waals surface area contributed by atoms with Crippen LogP contribution in [0, 0.1) is 0 Å². The van der Waals surface area contributed by atoms with Crippen LogP contribution in [0.4, 0.5) is 0 Å². The van der Waals surface area contributed by atoms with E-state index in [1.54, 1.807) is 0 Å². The predicted molar refractivity (Wildman–Crippen MR) is 183 cm³/mol. The summed E-state index contributed by atoms with van der Waals surface area (Å²) in [6.07, 6.45) is 0. The first-order chi connectivity index (χ1) is 21.3. The maximum absolute atomic E-state index is 6.37. The van der Waals surface area contributed by atoms with E-state index in [9.17, 15) is 0 Å². The number of benzene rings is 8. The molecule has 9 aromatic rings. The average molecular weight is 547 g/mol. The van der Waals surface area contributed by atoms with E-state index in [1.165, 1.54) is 60.1 Å². The molecule has 0 amide bonds. The van der Waals surface area contributed by atoms with E-state index in [2.05, 4.69) is 146 Å². The van der Waals surface area contributed by atoms with Crippen molar-refractivity contribution in [2.45, 2.75) is 0 Å². The first kappa shape index (κ1) is 24.0. The van der Waals surface area contributed by atoms with Gasteiger partial charge < -0.3 is 4.42 Å². The quantitative estimate of drug-likeness (QED) is 0.201. The highest BCUT2D eigenvalue weighted by atomic mass is 16.3. The van der Waals surface area contributed by atoms with Crippen molar-refractivity contribution in [3.63, 3.8) is 0 Å². The number of hydrogen-bond donors (Lipinski definition) is 0. The second-order valence-electron chi connectivity index (χ2n) is 11.3. The van der Waals surface area contributed by atoms with Gasteiger partial charge in [-0.2, -0.15) is 0 Å². The smallest absolute Gasteiger partial charge is 0.136 e. The lowest BCUT2D eigenvalue weighted by atomic mass is 9.86. The molecule has 0 fully saturated rings. The summed E-state index contributed by atoms with van der Waals surface area (Å²) in [4.78, 5) is 0. The highest BCUT2D eigenvalue weighted by molar-refractivity contribution is 6.20. The Hall–Kier alpha value is -5.66. The minimum absolute atomic E-state index is 0.911. The van der Waals surface area contributed by atoms with E-state index >= 15 is 0 Å². The number of furan rings is 1. The van der Waals surface area contributed by atoms with Crippen LogP contribution in [0.15, 0.2) is 162 Å². The monoisotopic (exact) mass is 546 g/mol. The molecule has 0 radical (unpaired) electrons. The van der Waals surface area contributed by atoms with Gasteiger partial charge in [-0.1, -0.05) is 127 Å². The summed E-state index contributed by atoms with van der Waals surface area (Å²) >= 11 is 0. The molecule has 1 nitrogen and oxygen atoms in total. The Morgan fingerprint density at radius 3 is 1.74 bits per heavy atom. The summed E-state index contributed by atoms with van der Waals surface area (Å²) in [7, 11) is 0. The molecule has 200 valence electrons. The predicted octanol–water partition coefficient (Wildman–Crippen LogP) is 12.0. The minimum Gasteiger partial charge on any atom is -0.456 e. The Morgan fingerprint density at radius 1 is 0.302 bits per heavy atom. The Kier molecular flexibility index (Phi) is 5.27. The molecule has 0 aliphatic rings. The average Bonchev–Trinajstić information content (AvgIpc) is 3.45. The van der Waals surface area contributed by atoms with Crippen LogP contribution in [0.25, 0.3) is 87.6 Å². The summed E-state index contributed by atoms with van der Waals surface area (Å²) in [5.74, 6) is 0. The molecule has 0 atom stereocenters. The van der Waals surface area contributed by atoms with Crippen LogP contribution in [-0.4, -0.2) is 0 Å². The third-order valence-electron chi connectivity index (χ3n) is 8.85. The van der Waals surface area contributed by atoms with Crippen LogP contribution in [0.5, 0.6) is 0 Å². The van der Waals surface area contributed by atoms with Crippen LogP contribution < -0.4 is 0 Å². The van der Waals surface area contributed by atoms with Crippen molar-refractivity contribution in [2.75, 3.05) is 0 Å². The van der Waals surface area contributed by atoms with Gasteiger partial charge in [0.1, 0.15) is 11.2 Å². The second-order valence-corrected chi connectivity index (χ2v) is 11.3. The third-order valence-corrected chi connectivity index (χ3v) is 8.85. The van der Waals surface area contributed by atoms with Gasteiger partial charge in [0, 0.05) is 10.8 Å². The van der Waals surface area contributed by atoms with Crippen LogP contribution >= 0.6 is 0 Å². The van der Waals surface area contributed by atoms with Crippen LogP contribution in [-0.2, 0) is 0 Å². The van der Waals surface area contributed by atoms with Crippen molar-refractivity contribution in [2.24, 2.45) is 0 Å². The van der Waals surface area contributed by atoms with Gasteiger partial charge in [-0.05, 0) is 96.0 Å². The Bertz CT molecular complexity index is 2500. The molecule has 9 rings (SSSR count). The van der Waals surface area contributed by atoms with E-state index in [0.717, 1.165) is 27.5 Å². The molecule has 1 heteroatoms. The fourth-order valence-corrected chi connectivity index (χ4v) is 6.84. The van der Waals surface area contributed by atoms with Gasteiger partial charge in [-0.15, -0.1) is 0 Å². The topological polar surface area (TPSA) is 13.1 Å². The minimum atomic E-state index is 0.911. The molecule has 0 saturated carbocycles. The summed E-state index contributed by atoms with van der Waals surface area (Å²) in [5, 5.41) is 9.75. The van der Waals surface area contributed by atoms with E-state index in [0.29, 0.717) is 0 Å². The fourth-order valence-electron chi connectivity index (χ4n) is 6.84. The molecule has 0 bridgehead atoms. The maximum Gasteiger partial charge on any atom is 0.136 e. The molecule has 0 saturated heterocycles. The van der Waals surface area contributed by atoms with Crippen molar-refractivity contribution >= 4 is 54.3 Å². The Balaban J connectivity index is 1.39. The van der Waals surface area contributed by atoms with Gasteiger partial charge in [0.15, 0.2) is 0 Å². The number of hydrogen-bond acceptors (Lipinski definition) is 1. The SMILES string of the molecule is c1ccc(-c2cccc3c(-c4ccc5c(c4)oc4ccccc45)c4cccc(-c5ccc6ccccc6c5)c4cc23)cc1. The lowest BCUT2D eigenvalue weighted by Gasteiger charge is -2.17. The van der Waals surface area contributed by atoms with E-state index < -0.39 is 0 Å². The van der Waals surface area contributed by atoms with E-state index in [1.807, 2.05) is 12.1 Å².